The highest BCUT2D eigenvalue weighted by Gasteiger charge is 2.14. The van der Waals surface area contributed by atoms with Gasteiger partial charge in [-0.05, 0) is 41.1 Å². The minimum absolute atomic E-state index is 0.252. The number of nitrogens with zero attached hydrogens (tertiary/aromatic N) is 2. The van der Waals surface area contributed by atoms with Crippen molar-refractivity contribution in [2.75, 3.05) is 0 Å². The summed E-state index contributed by atoms with van der Waals surface area (Å²) in [5.41, 5.74) is 0.252. The van der Waals surface area contributed by atoms with Gasteiger partial charge in [-0.1, -0.05) is 0 Å². The van der Waals surface area contributed by atoms with E-state index in [9.17, 15) is 9.18 Å². The van der Waals surface area contributed by atoms with Gasteiger partial charge in [0.2, 0.25) is 0 Å². The number of benzene rings is 1. The van der Waals surface area contributed by atoms with Crippen LogP contribution in [0.15, 0.2) is 29.0 Å². The normalized spacial score (nSPS) is 12.2. The molecule has 0 fully saturated rings. The van der Waals surface area contributed by atoms with Crippen molar-refractivity contribution in [2.45, 2.75) is 13.0 Å². The Morgan fingerprint density at radius 1 is 1.56 bits per heavy atom. The average molecular weight is 313 g/mol. The third-order valence-corrected chi connectivity index (χ3v) is 3.02. The summed E-state index contributed by atoms with van der Waals surface area (Å²) in [6.45, 7) is 1.76. The first-order valence-corrected chi connectivity index (χ1v) is 5.98. The van der Waals surface area contributed by atoms with E-state index in [-0.39, 0.29) is 17.5 Å². The number of rotatable bonds is 3. The van der Waals surface area contributed by atoms with Crippen LogP contribution in [-0.4, -0.2) is 21.1 Å². The molecular formula is C11H10BrFN4O. The zero-order valence-corrected chi connectivity index (χ0v) is 11.0. The summed E-state index contributed by atoms with van der Waals surface area (Å²) in [4.78, 5) is 15.8. The molecule has 1 atom stereocenters. The Morgan fingerprint density at radius 3 is 2.94 bits per heavy atom. The zero-order valence-electron chi connectivity index (χ0n) is 9.45. The highest BCUT2D eigenvalue weighted by atomic mass is 79.9. The molecule has 1 aromatic heterocycles. The smallest absolute Gasteiger partial charge is 0.251 e. The van der Waals surface area contributed by atoms with E-state index in [1.807, 2.05) is 0 Å². The van der Waals surface area contributed by atoms with Crippen LogP contribution in [0.5, 0.6) is 0 Å². The molecular weight excluding hydrogens is 303 g/mol. The molecule has 2 N–H and O–H groups in total. The van der Waals surface area contributed by atoms with Gasteiger partial charge < -0.3 is 5.32 Å². The maximum atomic E-state index is 13.3. The molecule has 0 aliphatic heterocycles. The van der Waals surface area contributed by atoms with Crippen LogP contribution in [0, 0.1) is 5.82 Å². The molecule has 0 radical (unpaired) electrons. The summed E-state index contributed by atoms with van der Waals surface area (Å²) in [6.07, 6.45) is 1.36. The van der Waals surface area contributed by atoms with E-state index in [0.29, 0.717) is 10.3 Å². The number of carbonyl (C=O) groups excluding carboxylic acids is 1. The van der Waals surface area contributed by atoms with E-state index in [4.69, 9.17) is 0 Å². The number of aromatic nitrogens is 3. The van der Waals surface area contributed by atoms with Crippen molar-refractivity contribution in [1.82, 2.24) is 20.5 Å². The fourth-order valence-corrected chi connectivity index (χ4v) is 1.66. The van der Waals surface area contributed by atoms with Gasteiger partial charge >= 0.3 is 0 Å². The predicted octanol–water partition coefficient (Wildman–Crippen LogP) is 2.20. The van der Waals surface area contributed by atoms with Crippen molar-refractivity contribution in [3.05, 3.63) is 46.2 Å². The second-order valence-electron chi connectivity index (χ2n) is 3.69. The molecule has 1 aromatic carbocycles. The van der Waals surface area contributed by atoms with Crippen molar-refractivity contribution in [3.8, 4) is 0 Å². The topological polar surface area (TPSA) is 70.7 Å². The van der Waals surface area contributed by atoms with Crippen molar-refractivity contribution in [1.29, 1.82) is 0 Å². The van der Waals surface area contributed by atoms with Crippen LogP contribution in [0.3, 0.4) is 0 Å². The third kappa shape index (κ3) is 2.73. The van der Waals surface area contributed by atoms with Crippen molar-refractivity contribution in [2.24, 2.45) is 0 Å². The van der Waals surface area contributed by atoms with Gasteiger partial charge in [0.05, 0.1) is 10.5 Å². The SMILES string of the molecule is CC(NC(=O)c1ccc(Br)c(F)c1)c1ncn[nH]1. The molecule has 0 spiro atoms. The zero-order chi connectivity index (χ0) is 13.1. The Morgan fingerprint density at radius 2 is 2.33 bits per heavy atom. The molecule has 0 saturated heterocycles. The molecule has 5 nitrogen and oxygen atoms in total. The van der Waals surface area contributed by atoms with Gasteiger partial charge in [0.1, 0.15) is 18.0 Å². The quantitative estimate of drug-likeness (QED) is 0.912. The molecule has 0 bridgehead atoms. The number of nitrogens with one attached hydrogen (secondary N) is 2. The number of aromatic amines is 1. The van der Waals surface area contributed by atoms with Crippen LogP contribution in [0.25, 0.3) is 0 Å². The average Bonchev–Trinajstić information content (AvgIpc) is 2.86. The van der Waals surface area contributed by atoms with Crippen LogP contribution in [0.2, 0.25) is 0 Å². The van der Waals surface area contributed by atoms with Crippen molar-refractivity contribution >= 4 is 21.8 Å². The predicted molar refractivity (Wildman–Crippen MR) is 66.4 cm³/mol. The number of amides is 1. The second kappa shape index (κ2) is 5.26. The van der Waals surface area contributed by atoms with E-state index >= 15 is 0 Å². The summed E-state index contributed by atoms with van der Waals surface area (Å²) in [7, 11) is 0. The molecule has 0 saturated carbocycles. The highest BCUT2D eigenvalue weighted by molar-refractivity contribution is 9.10. The summed E-state index contributed by atoms with van der Waals surface area (Å²) in [6, 6.07) is 3.87. The molecule has 18 heavy (non-hydrogen) atoms. The summed E-state index contributed by atoms with van der Waals surface area (Å²) in [5, 5.41) is 9.04. The number of H-pyrrole nitrogens is 1. The lowest BCUT2D eigenvalue weighted by Crippen LogP contribution is -2.27. The minimum atomic E-state index is -0.477. The first-order valence-electron chi connectivity index (χ1n) is 5.19. The van der Waals surface area contributed by atoms with E-state index in [0.717, 1.165) is 0 Å². The van der Waals surface area contributed by atoms with Crippen LogP contribution in [0.1, 0.15) is 29.1 Å². The first kappa shape index (κ1) is 12.7. The highest BCUT2D eigenvalue weighted by Crippen LogP contribution is 2.17. The Kier molecular flexibility index (Phi) is 3.71. The lowest BCUT2D eigenvalue weighted by atomic mass is 10.2. The molecule has 1 heterocycles. The summed E-state index contributed by atoms with van der Waals surface area (Å²) >= 11 is 3.03. The summed E-state index contributed by atoms with van der Waals surface area (Å²) in [5.74, 6) is -0.304. The lowest BCUT2D eigenvalue weighted by Gasteiger charge is -2.11. The molecule has 0 aliphatic rings. The largest absolute Gasteiger partial charge is 0.342 e. The Bertz CT molecular complexity index is 558. The van der Waals surface area contributed by atoms with E-state index in [1.54, 1.807) is 6.92 Å². The summed E-state index contributed by atoms with van der Waals surface area (Å²) < 4.78 is 13.6. The van der Waals surface area contributed by atoms with Crippen LogP contribution in [0.4, 0.5) is 4.39 Å². The lowest BCUT2D eigenvalue weighted by molar-refractivity contribution is 0.0938. The van der Waals surface area contributed by atoms with E-state index in [2.05, 4.69) is 36.4 Å². The first-order chi connectivity index (χ1) is 8.58. The Balaban J connectivity index is 2.10. The van der Waals surface area contributed by atoms with Crippen molar-refractivity contribution in [3.63, 3.8) is 0 Å². The van der Waals surface area contributed by atoms with Gasteiger partial charge in [-0.2, -0.15) is 5.10 Å². The number of hydrogen-bond acceptors (Lipinski definition) is 3. The Hall–Kier alpha value is -1.76. The fourth-order valence-electron chi connectivity index (χ4n) is 1.41. The van der Waals surface area contributed by atoms with Crippen molar-refractivity contribution < 1.29 is 9.18 Å². The van der Waals surface area contributed by atoms with E-state index in [1.165, 1.54) is 24.5 Å². The molecule has 2 rings (SSSR count). The molecule has 0 aliphatic carbocycles. The number of hydrogen-bond donors (Lipinski definition) is 2. The van der Waals surface area contributed by atoms with Gasteiger partial charge in [0.15, 0.2) is 0 Å². The van der Waals surface area contributed by atoms with Gasteiger partial charge in [0, 0.05) is 5.56 Å². The minimum Gasteiger partial charge on any atom is -0.342 e. The number of carbonyl (C=O) groups is 1. The third-order valence-electron chi connectivity index (χ3n) is 2.37. The molecule has 1 amide bonds. The number of halogens is 2. The molecule has 7 heteroatoms. The maximum Gasteiger partial charge on any atom is 0.251 e. The molecule has 2 aromatic rings. The fraction of sp³-hybridized carbons (Fsp3) is 0.182. The van der Waals surface area contributed by atoms with Gasteiger partial charge in [-0.25, -0.2) is 9.37 Å². The van der Waals surface area contributed by atoms with Crippen LogP contribution >= 0.6 is 15.9 Å². The monoisotopic (exact) mass is 312 g/mol. The maximum absolute atomic E-state index is 13.3. The van der Waals surface area contributed by atoms with E-state index < -0.39 is 5.82 Å². The van der Waals surface area contributed by atoms with Gasteiger partial charge in [-0.15, -0.1) is 0 Å². The molecule has 94 valence electrons. The van der Waals surface area contributed by atoms with Gasteiger partial charge in [0.25, 0.3) is 5.91 Å². The second-order valence-corrected chi connectivity index (χ2v) is 4.55. The molecule has 1 unspecified atom stereocenters. The van der Waals surface area contributed by atoms with Crippen LogP contribution in [-0.2, 0) is 0 Å². The standard InChI is InChI=1S/C11H10BrFN4O/c1-6(10-14-5-15-17-10)16-11(18)7-2-3-8(12)9(13)4-7/h2-6H,1H3,(H,16,18)(H,14,15,17). The van der Waals surface area contributed by atoms with Gasteiger partial charge in [-0.3, -0.25) is 9.89 Å². The van der Waals surface area contributed by atoms with Crippen LogP contribution < -0.4 is 5.32 Å². The Labute approximate surface area is 111 Å².